The molecule has 0 spiro atoms. The Morgan fingerprint density at radius 2 is 1.85 bits per heavy atom. The Bertz CT molecular complexity index is 788. The number of nitrogens with two attached hydrogens (primary N) is 1. The quantitative estimate of drug-likeness (QED) is 0.607. The molecule has 0 aliphatic rings. The van der Waals surface area contributed by atoms with Crippen molar-refractivity contribution in [1.82, 2.24) is 0 Å². The molecular formula is C18H17F3N2O3. The zero-order valence-electron chi connectivity index (χ0n) is 13.9. The standard InChI is InChI=1S/C18H17F3N2O3/c1-2-26-16(24)10-13-14(19)8-12(9-15(13)22)23-17(25)18(20,21)11-6-4-3-5-7-11/h3-9H,2,10,22H2,1H3,(H,23,25). The number of hydrogen-bond acceptors (Lipinski definition) is 4. The van der Waals surface area contributed by atoms with Crippen LogP contribution in [-0.2, 0) is 26.7 Å². The number of nitrogens with one attached hydrogen (secondary N) is 1. The summed E-state index contributed by atoms with van der Waals surface area (Å²) in [5, 5.41) is 1.94. The summed E-state index contributed by atoms with van der Waals surface area (Å²) in [5.41, 5.74) is 4.65. The lowest BCUT2D eigenvalue weighted by atomic mass is 10.1. The Labute approximate surface area is 148 Å². The average Bonchev–Trinajstić information content (AvgIpc) is 2.59. The number of amides is 1. The zero-order chi connectivity index (χ0) is 19.3. The zero-order valence-corrected chi connectivity index (χ0v) is 13.9. The van der Waals surface area contributed by atoms with Crippen LogP contribution in [0.1, 0.15) is 18.1 Å². The van der Waals surface area contributed by atoms with Crippen LogP contribution in [0.15, 0.2) is 42.5 Å². The van der Waals surface area contributed by atoms with E-state index in [0.717, 1.165) is 24.3 Å². The van der Waals surface area contributed by atoms with Gasteiger partial charge in [0, 0.05) is 22.5 Å². The molecule has 138 valence electrons. The summed E-state index contributed by atoms with van der Waals surface area (Å²) >= 11 is 0. The molecule has 0 aliphatic carbocycles. The van der Waals surface area contributed by atoms with Gasteiger partial charge in [0.25, 0.3) is 5.91 Å². The number of alkyl halides is 2. The van der Waals surface area contributed by atoms with Gasteiger partial charge < -0.3 is 15.8 Å². The summed E-state index contributed by atoms with van der Waals surface area (Å²) in [4.78, 5) is 23.4. The average molecular weight is 366 g/mol. The minimum absolute atomic E-state index is 0.128. The molecule has 0 aromatic heterocycles. The summed E-state index contributed by atoms with van der Waals surface area (Å²) in [6.07, 6.45) is -0.403. The van der Waals surface area contributed by atoms with E-state index in [-0.39, 0.29) is 23.5 Å². The van der Waals surface area contributed by atoms with Crippen molar-refractivity contribution in [1.29, 1.82) is 0 Å². The molecule has 0 fully saturated rings. The molecule has 8 heteroatoms. The fraction of sp³-hybridized carbons (Fsp3) is 0.222. The number of esters is 1. The van der Waals surface area contributed by atoms with E-state index in [1.54, 1.807) is 6.92 Å². The van der Waals surface area contributed by atoms with Crippen molar-refractivity contribution >= 4 is 23.3 Å². The van der Waals surface area contributed by atoms with Gasteiger partial charge in [-0.15, -0.1) is 0 Å². The van der Waals surface area contributed by atoms with Crippen molar-refractivity contribution in [2.75, 3.05) is 17.7 Å². The number of halogens is 3. The van der Waals surface area contributed by atoms with E-state index in [2.05, 4.69) is 0 Å². The largest absolute Gasteiger partial charge is 0.466 e. The lowest BCUT2D eigenvalue weighted by Crippen LogP contribution is -2.32. The van der Waals surface area contributed by atoms with Crippen LogP contribution in [0.4, 0.5) is 24.5 Å². The highest BCUT2D eigenvalue weighted by molar-refractivity contribution is 5.97. The SMILES string of the molecule is CCOC(=O)Cc1c(N)cc(NC(=O)C(F)(F)c2ccccc2)cc1F. The Hall–Kier alpha value is -3.03. The lowest BCUT2D eigenvalue weighted by molar-refractivity contribution is -0.142. The molecule has 0 bridgehead atoms. The van der Waals surface area contributed by atoms with Crippen molar-refractivity contribution < 1.29 is 27.5 Å². The first-order valence-corrected chi connectivity index (χ1v) is 7.74. The van der Waals surface area contributed by atoms with E-state index in [1.807, 2.05) is 5.32 Å². The van der Waals surface area contributed by atoms with Gasteiger partial charge in [-0.25, -0.2) is 4.39 Å². The molecule has 0 saturated heterocycles. The van der Waals surface area contributed by atoms with Crippen LogP contribution >= 0.6 is 0 Å². The van der Waals surface area contributed by atoms with E-state index < -0.39 is 35.6 Å². The highest BCUT2D eigenvalue weighted by Crippen LogP contribution is 2.30. The van der Waals surface area contributed by atoms with Crippen LogP contribution in [0.3, 0.4) is 0 Å². The summed E-state index contributed by atoms with van der Waals surface area (Å²) in [6, 6.07) is 8.43. The van der Waals surface area contributed by atoms with Crippen LogP contribution < -0.4 is 11.1 Å². The van der Waals surface area contributed by atoms with Gasteiger partial charge in [-0.3, -0.25) is 9.59 Å². The number of benzene rings is 2. The number of carbonyl (C=O) groups is 2. The third kappa shape index (κ3) is 4.33. The Kier molecular flexibility index (Phi) is 5.86. The van der Waals surface area contributed by atoms with Crippen molar-refractivity contribution in [2.45, 2.75) is 19.3 Å². The first-order valence-electron chi connectivity index (χ1n) is 7.74. The molecule has 3 N–H and O–H groups in total. The van der Waals surface area contributed by atoms with Crippen LogP contribution in [0.5, 0.6) is 0 Å². The van der Waals surface area contributed by atoms with Crippen molar-refractivity contribution in [2.24, 2.45) is 0 Å². The van der Waals surface area contributed by atoms with Crippen LogP contribution in [0.2, 0.25) is 0 Å². The first-order chi connectivity index (χ1) is 12.3. The van der Waals surface area contributed by atoms with Gasteiger partial charge in [-0.1, -0.05) is 30.3 Å². The van der Waals surface area contributed by atoms with E-state index >= 15 is 0 Å². The van der Waals surface area contributed by atoms with Gasteiger partial charge in [0.05, 0.1) is 13.0 Å². The van der Waals surface area contributed by atoms with E-state index in [1.165, 1.54) is 18.2 Å². The third-order valence-electron chi connectivity index (χ3n) is 3.54. The summed E-state index contributed by atoms with van der Waals surface area (Å²) in [6.45, 7) is 1.73. The number of anilines is 2. The third-order valence-corrected chi connectivity index (χ3v) is 3.54. The Morgan fingerprint density at radius 1 is 1.19 bits per heavy atom. The summed E-state index contributed by atoms with van der Waals surface area (Å²) < 4.78 is 47.2. The lowest BCUT2D eigenvalue weighted by Gasteiger charge is -2.17. The predicted octanol–water partition coefficient (Wildman–Crippen LogP) is 3.24. The second kappa shape index (κ2) is 7.90. The maximum atomic E-state index is 14.2. The molecule has 5 nitrogen and oxygen atoms in total. The minimum Gasteiger partial charge on any atom is -0.466 e. The fourth-order valence-electron chi connectivity index (χ4n) is 2.26. The topological polar surface area (TPSA) is 81.4 Å². The van der Waals surface area contributed by atoms with Gasteiger partial charge >= 0.3 is 11.9 Å². The summed E-state index contributed by atoms with van der Waals surface area (Å²) in [5.74, 6) is -7.02. The molecule has 0 aliphatic heterocycles. The molecule has 1 amide bonds. The normalized spacial score (nSPS) is 11.1. The van der Waals surface area contributed by atoms with Gasteiger partial charge in [0.1, 0.15) is 5.82 Å². The monoisotopic (exact) mass is 366 g/mol. The van der Waals surface area contributed by atoms with Crippen molar-refractivity contribution in [3.8, 4) is 0 Å². The van der Waals surface area contributed by atoms with Gasteiger partial charge in [0.15, 0.2) is 0 Å². The molecule has 0 radical (unpaired) electrons. The van der Waals surface area contributed by atoms with Gasteiger partial charge in [-0.2, -0.15) is 8.78 Å². The van der Waals surface area contributed by atoms with Crippen LogP contribution in [-0.4, -0.2) is 18.5 Å². The molecule has 0 unspecified atom stereocenters. The number of rotatable bonds is 6. The maximum Gasteiger partial charge on any atom is 0.350 e. The molecule has 0 heterocycles. The minimum atomic E-state index is -3.81. The number of carbonyl (C=O) groups excluding carboxylic acids is 2. The number of hydrogen-bond donors (Lipinski definition) is 2. The van der Waals surface area contributed by atoms with Crippen LogP contribution in [0.25, 0.3) is 0 Å². The van der Waals surface area contributed by atoms with Gasteiger partial charge in [0.2, 0.25) is 0 Å². The van der Waals surface area contributed by atoms with Gasteiger partial charge in [-0.05, 0) is 19.1 Å². The van der Waals surface area contributed by atoms with Crippen molar-refractivity contribution in [3.63, 3.8) is 0 Å². The molecule has 26 heavy (non-hydrogen) atoms. The fourth-order valence-corrected chi connectivity index (χ4v) is 2.26. The second-order valence-corrected chi connectivity index (χ2v) is 5.40. The molecule has 2 aromatic rings. The number of ether oxygens (including phenoxy) is 1. The maximum absolute atomic E-state index is 14.2. The van der Waals surface area contributed by atoms with Crippen LogP contribution in [0, 0.1) is 5.82 Å². The Balaban J connectivity index is 2.20. The molecular weight excluding hydrogens is 349 g/mol. The molecule has 2 rings (SSSR count). The highest BCUT2D eigenvalue weighted by Gasteiger charge is 2.40. The first kappa shape index (κ1) is 19.3. The highest BCUT2D eigenvalue weighted by atomic mass is 19.3. The van der Waals surface area contributed by atoms with E-state index in [4.69, 9.17) is 10.5 Å². The predicted molar refractivity (Wildman–Crippen MR) is 90.1 cm³/mol. The smallest absolute Gasteiger partial charge is 0.350 e. The van der Waals surface area contributed by atoms with E-state index in [0.29, 0.717) is 0 Å². The second-order valence-electron chi connectivity index (χ2n) is 5.40. The summed E-state index contributed by atoms with van der Waals surface area (Å²) in [7, 11) is 0. The number of nitrogen functional groups attached to an aromatic ring is 1. The Morgan fingerprint density at radius 3 is 2.42 bits per heavy atom. The van der Waals surface area contributed by atoms with E-state index in [9.17, 15) is 22.8 Å². The van der Waals surface area contributed by atoms with Crippen molar-refractivity contribution in [3.05, 3.63) is 59.4 Å². The molecule has 0 atom stereocenters. The molecule has 2 aromatic carbocycles. The molecule has 0 saturated carbocycles.